The molecule has 8 aromatic carbocycles. The van der Waals surface area contributed by atoms with Crippen molar-refractivity contribution in [2.45, 2.75) is 5.41 Å². The average molecular weight is 740 g/mol. The van der Waals surface area contributed by atoms with Gasteiger partial charge >= 0.3 is 0 Å². The smallest absolute Gasteiger partial charge is 0.160 e. The SMILES string of the molecule is N#Cc1ccc(-c2ccc(-c3cccc4c3Oc3ccc(-c5nc(-c6ccccc6)cc(-c6ccccc6)n5)cc3C43c4ccccc4-c4ccccc43)cc2)cc1. The summed E-state index contributed by atoms with van der Waals surface area (Å²) < 4.78 is 7.13. The number of benzene rings is 8. The van der Waals surface area contributed by atoms with Crippen LogP contribution in [0.4, 0.5) is 0 Å². The lowest BCUT2D eigenvalue weighted by Gasteiger charge is -2.40. The first-order valence-electron chi connectivity index (χ1n) is 19.5. The summed E-state index contributed by atoms with van der Waals surface area (Å²) in [5.74, 6) is 2.29. The maximum atomic E-state index is 9.30. The number of fused-ring (bicyclic) bond motifs is 9. The van der Waals surface area contributed by atoms with Gasteiger partial charge in [-0.1, -0.05) is 164 Å². The van der Waals surface area contributed by atoms with Crippen molar-refractivity contribution >= 4 is 0 Å². The summed E-state index contributed by atoms with van der Waals surface area (Å²) >= 11 is 0. The molecule has 0 fully saturated rings. The lowest BCUT2D eigenvalue weighted by atomic mass is 9.65. The van der Waals surface area contributed by atoms with Gasteiger partial charge in [-0.2, -0.15) is 5.26 Å². The van der Waals surface area contributed by atoms with Crippen LogP contribution >= 0.6 is 0 Å². The van der Waals surface area contributed by atoms with Crippen molar-refractivity contribution in [1.29, 1.82) is 5.26 Å². The first-order valence-corrected chi connectivity index (χ1v) is 19.5. The van der Waals surface area contributed by atoms with E-state index < -0.39 is 5.41 Å². The van der Waals surface area contributed by atoms with Crippen LogP contribution in [-0.4, -0.2) is 9.97 Å². The lowest BCUT2D eigenvalue weighted by Crippen LogP contribution is -2.32. The molecule has 2 aliphatic rings. The summed E-state index contributed by atoms with van der Waals surface area (Å²) in [6, 6.07) is 71.8. The fourth-order valence-corrected chi connectivity index (χ4v) is 8.96. The summed E-state index contributed by atoms with van der Waals surface area (Å²) in [6.45, 7) is 0. The Bertz CT molecular complexity index is 2970. The molecule has 0 saturated heterocycles. The minimum atomic E-state index is -0.677. The molecular formula is C54H33N3O. The molecule has 0 radical (unpaired) electrons. The van der Waals surface area contributed by atoms with E-state index in [1.165, 1.54) is 22.3 Å². The van der Waals surface area contributed by atoms with Crippen molar-refractivity contribution in [2.75, 3.05) is 0 Å². The molecule has 4 heteroatoms. The molecule has 1 aliphatic heterocycles. The number of para-hydroxylation sites is 1. The summed E-state index contributed by atoms with van der Waals surface area (Å²) in [4.78, 5) is 10.4. The molecule has 1 aliphatic carbocycles. The second-order valence-corrected chi connectivity index (χ2v) is 14.8. The van der Waals surface area contributed by atoms with Gasteiger partial charge < -0.3 is 4.74 Å². The highest BCUT2D eigenvalue weighted by Gasteiger charge is 2.51. The molecule has 0 bridgehead atoms. The van der Waals surface area contributed by atoms with E-state index in [1.807, 2.05) is 60.7 Å². The van der Waals surface area contributed by atoms with E-state index in [-0.39, 0.29) is 0 Å². The Hall–Kier alpha value is -7.87. The number of ether oxygens (including phenoxy) is 1. The van der Waals surface area contributed by atoms with Crippen molar-refractivity contribution < 1.29 is 4.74 Å². The van der Waals surface area contributed by atoms with Crippen LogP contribution < -0.4 is 4.74 Å². The van der Waals surface area contributed by atoms with E-state index in [4.69, 9.17) is 14.7 Å². The second-order valence-electron chi connectivity index (χ2n) is 14.8. The number of nitrogens with zero attached hydrogens (tertiary/aromatic N) is 3. The van der Waals surface area contributed by atoms with Gasteiger partial charge in [0.2, 0.25) is 0 Å². The highest BCUT2D eigenvalue weighted by atomic mass is 16.5. The van der Waals surface area contributed by atoms with Gasteiger partial charge in [0, 0.05) is 33.4 Å². The third-order valence-corrected chi connectivity index (χ3v) is 11.6. The maximum Gasteiger partial charge on any atom is 0.160 e. The van der Waals surface area contributed by atoms with Crippen molar-refractivity contribution in [1.82, 2.24) is 9.97 Å². The zero-order valence-corrected chi connectivity index (χ0v) is 31.3. The molecule has 270 valence electrons. The van der Waals surface area contributed by atoms with Gasteiger partial charge in [-0.25, -0.2) is 9.97 Å². The lowest BCUT2D eigenvalue weighted by molar-refractivity contribution is 0.438. The molecule has 0 saturated carbocycles. The molecule has 2 heterocycles. The Morgan fingerprint density at radius 1 is 0.397 bits per heavy atom. The minimum Gasteiger partial charge on any atom is -0.456 e. The first kappa shape index (κ1) is 33.5. The van der Waals surface area contributed by atoms with E-state index >= 15 is 0 Å². The molecule has 0 N–H and O–H groups in total. The fraction of sp³-hybridized carbons (Fsp3) is 0.0185. The topological polar surface area (TPSA) is 58.8 Å². The van der Waals surface area contributed by atoms with Crippen LogP contribution in [0.2, 0.25) is 0 Å². The molecule has 1 aromatic heterocycles. The van der Waals surface area contributed by atoms with Crippen LogP contribution in [0.15, 0.2) is 200 Å². The predicted octanol–water partition coefficient (Wildman–Crippen LogP) is 13.2. The molecule has 1 spiro atoms. The van der Waals surface area contributed by atoms with Crippen molar-refractivity contribution in [2.24, 2.45) is 0 Å². The van der Waals surface area contributed by atoms with Crippen LogP contribution in [0.3, 0.4) is 0 Å². The van der Waals surface area contributed by atoms with Gasteiger partial charge in [-0.05, 0) is 75.3 Å². The molecule has 11 rings (SSSR count). The predicted molar refractivity (Wildman–Crippen MR) is 231 cm³/mol. The number of nitriles is 1. The Labute approximate surface area is 337 Å². The summed E-state index contributed by atoms with van der Waals surface area (Å²) in [5.41, 5.74) is 15.9. The van der Waals surface area contributed by atoms with E-state index in [0.717, 1.165) is 73.0 Å². The van der Waals surface area contributed by atoms with Crippen LogP contribution in [0.25, 0.3) is 67.3 Å². The Morgan fingerprint density at radius 3 is 1.50 bits per heavy atom. The number of hydrogen-bond donors (Lipinski definition) is 0. The van der Waals surface area contributed by atoms with Crippen molar-refractivity contribution in [3.63, 3.8) is 0 Å². The zero-order chi connectivity index (χ0) is 38.6. The van der Waals surface area contributed by atoms with Crippen LogP contribution in [0.1, 0.15) is 27.8 Å². The van der Waals surface area contributed by atoms with Crippen molar-refractivity contribution in [3.05, 3.63) is 228 Å². The highest BCUT2D eigenvalue weighted by Crippen LogP contribution is 2.63. The van der Waals surface area contributed by atoms with Gasteiger partial charge in [0.15, 0.2) is 5.82 Å². The molecule has 0 atom stereocenters. The molecular weight excluding hydrogens is 707 g/mol. The maximum absolute atomic E-state index is 9.30. The van der Waals surface area contributed by atoms with E-state index in [9.17, 15) is 5.26 Å². The number of rotatable bonds is 5. The largest absolute Gasteiger partial charge is 0.456 e. The number of aromatic nitrogens is 2. The molecule has 58 heavy (non-hydrogen) atoms. The van der Waals surface area contributed by atoms with Gasteiger partial charge in [0.25, 0.3) is 0 Å². The average Bonchev–Trinajstić information content (AvgIpc) is 3.60. The first-order chi connectivity index (χ1) is 28.7. The minimum absolute atomic E-state index is 0.648. The van der Waals surface area contributed by atoms with Gasteiger partial charge in [0.05, 0.1) is 28.4 Å². The van der Waals surface area contributed by atoms with E-state index in [0.29, 0.717) is 11.4 Å². The normalized spacial score (nSPS) is 12.7. The van der Waals surface area contributed by atoms with Gasteiger partial charge in [0.1, 0.15) is 11.5 Å². The Balaban J connectivity index is 1.12. The zero-order valence-electron chi connectivity index (χ0n) is 31.3. The summed E-state index contributed by atoms with van der Waals surface area (Å²) in [5, 5.41) is 9.30. The van der Waals surface area contributed by atoms with Crippen LogP contribution in [-0.2, 0) is 5.41 Å². The Morgan fingerprint density at radius 2 is 0.897 bits per heavy atom. The summed E-state index contributed by atoms with van der Waals surface area (Å²) in [6.07, 6.45) is 0. The standard InChI is InChI=1S/C54H33N3O/c55-34-35-22-24-36(25-23-35)37-26-28-38(29-27-37)42-18-11-21-47-52(42)58-51-31-30-41(32-48(51)54(47)45-19-9-7-16-43(45)44-17-8-10-20-46(44)54)53-56-49(39-12-3-1-4-13-39)33-50(57-53)40-14-5-2-6-15-40/h1-33H. The third kappa shape index (κ3) is 5.22. The van der Waals surface area contributed by atoms with E-state index in [2.05, 4.69) is 146 Å². The van der Waals surface area contributed by atoms with Crippen LogP contribution in [0, 0.1) is 11.3 Å². The number of hydrogen-bond acceptors (Lipinski definition) is 4. The second kappa shape index (κ2) is 13.4. The van der Waals surface area contributed by atoms with Crippen molar-refractivity contribution in [3.8, 4) is 84.9 Å². The summed E-state index contributed by atoms with van der Waals surface area (Å²) in [7, 11) is 0. The Kier molecular flexibility index (Phi) is 7.74. The molecule has 0 amide bonds. The van der Waals surface area contributed by atoms with E-state index in [1.54, 1.807) is 0 Å². The van der Waals surface area contributed by atoms with Gasteiger partial charge in [-0.3, -0.25) is 0 Å². The quantitative estimate of drug-likeness (QED) is 0.176. The highest BCUT2D eigenvalue weighted by molar-refractivity contribution is 5.91. The molecule has 9 aromatic rings. The molecule has 0 unspecified atom stereocenters. The fourth-order valence-electron chi connectivity index (χ4n) is 8.96. The van der Waals surface area contributed by atoms with Crippen LogP contribution in [0.5, 0.6) is 11.5 Å². The van der Waals surface area contributed by atoms with Gasteiger partial charge in [-0.15, -0.1) is 0 Å². The monoisotopic (exact) mass is 739 g/mol. The molecule has 4 nitrogen and oxygen atoms in total. The third-order valence-electron chi connectivity index (χ3n) is 11.6.